The number of carbonyl (C=O) groups excluding carboxylic acids is 1. The fourth-order valence-corrected chi connectivity index (χ4v) is 3.13. The molecule has 1 amide bonds. The van der Waals surface area contributed by atoms with E-state index >= 15 is 0 Å². The maximum atomic E-state index is 13.2. The SMILES string of the molecule is C[C@@H]1OCC[C@@H]1N[C@@H]1CCN(c2ccc(F)c(Cl)c2)C1=O. The third-order valence-electron chi connectivity index (χ3n) is 4.21. The van der Waals surface area contributed by atoms with Crippen molar-refractivity contribution >= 4 is 23.2 Å². The van der Waals surface area contributed by atoms with Crippen molar-refractivity contribution in [2.45, 2.75) is 38.0 Å². The summed E-state index contributed by atoms with van der Waals surface area (Å²) in [5.74, 6) is -0.463. The predicted molar refractivity (Wildman–Crippen MR) is 79.1 cm³/mol. The average Bonchev–Trinajstić information content (AvgIpc) is 3.02. The number of hydrogen-bond acceptors (Lipinski definition) is 3. The number of carbonyl (C=O) groups is 1. The Morgan fingerprint density at radius 3 is 2.90 bits per heavy atom. The Balaban J connectivity index is 1.69. The number of nitrogens with one attached hydrogen (secondary N) is 1. The summed E-state index contributed by atoms with van der Waals surface area (Å²) < 4.78 is 18.7. The summed E-state index contributed by atoms with van der Waals surface area (Å²) in [7, 11) is 0. The van der Waals surface area contributed by atoms with Crippen molar-refractivity contribution in [2.75, 3.05) is 18.1 Å². The van der Waals surface area contributed by atoms with Crippen molar-refractivity contribution in [1.29, 1.82) is 0 Å². The molecule has 1 aromatic carbocycles. The molecule has 0 radical (unpaired) electrons. The number of halogens is 2. The smallest absolute Gasteiger partial charge is 0.244 e. The normalized spacial score (nSPS) is 29.4. The van der Waals surface area contributed by atoms with Crippen molar-refractivity contribution in [3.8, 4) is 0 Å². The maximum Gasteiger partial charge on any atom is 0.244 e. The summed E-state index contributed by atoms with van der Waals surface area (Å²) in [6, 6.07) is 4.39. The second-order valence-electron chi connectivity index (χ2n) is 5.57. The molecule has 21 heavy (non-hydrogen) atoms. The molecule has 6 heteroatoms. The van der Waals surface area contributed by atoms with E-state index in [1.165, 1.54) is 12.1 Å². The summed E-state index contributed by atoms with van der Waals surface area (Å²) in [5, 5.41) is 3.42. The zero-order chi connectivity index (χ0) is 15.0. The topological polar surface area (TPSA) is 41.6 Å². The van der Waals surface area contributed by atoms with Gasteiger partial charge in [0.1, 0.15) is 5.82 Å². The van der Waals surface area contributed by atoms with Crippen molar-refractivity contribution in [3.05, 3.63) is 29.0 Å². The van der Waals surface area contributed by atoms with Crippen LogP contribution in [0.3, 0.4) is 0 Å². The molecule has 3 rings (SSSR count). The van der Waals surface area contributed by atoms with Gasteiger partial charge in [-0.3, -0.25) is 4.79 Å². The van der Waals surface area contributed by atoms with Gasteiger partial charge in [-0.2, -0.15) is 0 Å². The highest BCUT2D eigenvalue weighted by Gasteiger charge is 2.36. The molecule has 1 N–H and O–H groups in total. The number of ether oxygens (including phenoxy) is 1. The van der Waals surface area contributed by atoms with Gasteiger partial charge in [0.15, 0.2) is 0 Å². The Morgan fingerprint density at radius 2 is 2.24 bits per heavy atom. The van der Waals surface area contributed by atoms with Gasteiger partial charge in [-0.25, -0.2) is 4.39 Å². The highest BCUT2D eigenvalue weighted by molar-refractivity contribution is 6.31. The minimum absolute atomic E-state index is 0.0109. The number of rotatable bonds is 3. The van der Waals surface area contributed by atoms with Gasteiger partial charge in [0, 0.05) is 24.9 Å². The van der Waals surface area contributed by atoms with Crippen molar-refractivity contribution in [1.82, 2.24) is 5.32 Å². The highest BCUT2D eigenvalue weighted by Crippen LogP contribution is 2.27. The first-order chi connectivity index (χ1) is 10.1. The Morgan fingerprint density at radius 1 is 1.43 bits per heavy atom. The van der Waals surface area contributed by atoms with Crippen LogP contribution in [0.4, 0.5) is 10.1 Å². The van der Waals surface area contributed by atoms with Gasteiger partial charge in [0.25, 0.3) is 0 Å². The fourth-order valence-electron chi connectivity index (χ4n) is 2.95. The van der Waals surface area contributed by atoms with Crippen LogP contribution in [0.25, 0.3) is 0 Å². The predicted octanol–water partition coefficient (Wildman–Crippen LogP) is 2.35. The summed E-state index contributed by atoms with van der Waals surface area (Å²) in [4.78, 5) is 14.1. The molecule has 3 atom stereocenters. The molecule has 0 aliphatic carbocycles. The second kappa shape index (κ2) is 5.91. The molecule has 2 saturated heterocycles. The van der Waals surface area contributed by atoms with Crippen LogP contribution in [0.1, 0.15) is 19.8 Å². The summed E-state index contributed by atoms with van der Waals surface area (Å²) in [5.41, 5.74) is 0.645. The second-order valence-corrected chi connectivity index (χ2v) is 5.97. The Hall–Kier alpha value is -1.17. The molecule has 2 heterocycles. The van der Waals surface area contributed by atoms with E-state index in [2.05, 4.69) is 5.32 Å². The number of amides is 1. The molecule has 114 valence electrons. The van der Waals surface area contributed by atoms with Gasteiger partial charge in [-0.05, 0) is 38.0 Å². The maximum absolute atomic E-state index is 13.2. The molecule has 2 aliphatic heterocycles. The zero-order valence-electron chi connectivity index (χ0n) is 11.8. The molecular weight excluding hydrogens is 295 g/mol. The van der Waals surface area contributed by atoms with E-state index in [-0.39, 0.29) is 29.1 Å². The molecule has 4 nitrogen and oxygen atoms in total. The van der Waals surface area contributed by atoms with Crippen LogP contribution in [-0.4, -0.2) is 37.2 Å². The monoisotopic (exact) mass is 312 g/mol. The van der Waals surface area contributed by atoms with Gasteiger partial charge < -0.3 is 15.0 Å². The van der Waals surface area contributed by atoms with E-state index < -0.39 is 5.82 Å². The molecule has 0 saturated carbocycles. The van der Waals surface area contributed by atoms with Crippen molar-refractivity contribution < 1.29 is 13.9 Å². The first-order valence-corrected chi connectivity index (χ1v) is 7.58. The molecule has 0 bridgehead atoms. The molecule has 0 spiro atoms. The van der Waals surface area contributed by atoms with E-state index in [0.29, 0.717) is 12.2 Å². The summed E-state index contributed by atoms with van der Waals surface area (Å²) >= 11 is 5.79. The van der Waals surface area contributed by atoms with Crippen molar-refractivity contribution in [3.63, 3.8) is 0 Å². The minimum Gasteiger partial charge on any atom is -0.377 e. The molecule has 2 fully saturated rings. The minimum atomic E-state index is -0.473. The van der Waals surface area contributed by atoms with Crippen molar-refractivity contribution in [2.24, 2.45) is 0 Å². The first-order valence-electron chi connectivity index (χ1n) is 7.20. The third-order valence-corrected chi connectivity index (χ3v) is 4.50. The lowest BCUT2D eigenvalue weighted by molar-refractivity contribution is -0.119. The Kier molecular flexibility index (Phi) is 4.15. The van der Waals surface area contributed by atoms with Gasteiger partial charge in [0.05, 0.1) is 17.2 Å². The third kappa shape index (κ3) is 2.91. The van der Waals surface area contributed by atoms with Gasteiger partial charge in [-0.15, -0.1) is 0 Å². The first kappa shape index (κ1) is 14.8. The number of nitrogens with zero attached hydrogens (tertiary/aromatic N) is 1. The van der Waals surface area contributed by atoms with Crippen LogP contribution in [0, 0.1) is 5.82 Å². The number of benzene rings is 1. The number of hydrogen-bond donors (Lipinski definition) is 1. The quantitative estimate of drug-likeness (QED) is 0.931. The fraction of sp³-hybridized carbons (Fsp3) is 0.533. The van der Waals surface area contributed by atoms with Crippen LogP contribution in [-0.2, 0) is 9.53 Å². The average molecular weight is 313 g/mol. The molecule has 2 aliphatic rings. The zero-order valence-corrected chi connectivity index (χ0v) is 12.6. The largest absolute Gasteiger partial charge is 0.377 e. The lowest BCUT2D eigenvalue weighted by Crippen LogP contribution is -2.46. The molecule has 0 unspecified atom stereocenters. The highest BCUT2D eigenvalue weighted by atomic mass is 35.5. The summed E-state index contributed by atoms with van der Waals surface area (Å²) in [6.07, 6.45) is 1.79. The Labute approximate surface area is 128 Å². The van der Waals surface area contributed by atoms with E-state index in [1.807, 2.05) is 6.92 Å². The van der Waals surface area contributed by atoms with E-state index in [4.69, 9.17) is 16.3 Å². The number of anilines is 1. The van der Waals surface area contributed by atoms with Crippen LogP contribution in [0.15, 0.2) is 18.2 Å². The van der Waals surface area contributed by atoms with Gasteiger partial charge in [-0.1, -0.05) is 11.6 Å². The van der Waals surface area contributed by atoms with E-state index in [1.54, 1.807) is 11.0 Å². The van der Waals surface area contributed by atoms with Gasteiger partial charge in [0.2, 0.25) is 5.91 Å². The Bertz CT molecular complexity index is 554. The van der Waals surface area contributed by atoms with Gasteiger partial charge >= 0.3 is 0 Å². The van der Waals surface area contributed by atoms with Crippen LogP contribution in [0.5, 0.6) is 0 Å². The summed E-state index contributed by atoms with van der Waals surface area (Å²) in [6.45, 7) is 3.36. The van der Waals surface area contributed by atoms with Crippen LogP contribution < -0.4 is 10.2 Å². The standard InChI is InChI=1S/C15H18ClFN2O2/c1-9-13(5-7-21-9)18-14-4-6-19(15(14)20)10-2-3-12(17)11(16)8-10/h2-3,8-9,13-14,18H,4-7H2,1H3/t9-,13-,14+/m0/s1. The molecule has 0 aromatic heterocycles. The van der Waals surface area contributed by atoms with E-state index in [0.717, 1.165) is 19.4 Å². The lowest BCUT2D eigenvalue weighted by atomic mass is 10.1. The van der Waals surface area contributed by atoms with Crippen LogP contribution >= 0.6 is 11.6 Å². The molecular formula is C15H18ClFN2O2. The lowest BCUT2D eigenvalue weighted by Gasteiger charge is -2.21. The molecule has 1 aromatic rings. The van der Waals surface area contributed by atoms with E-state index in [9.17, 15) is 9.18 Å². The van der Waals surface area contributed by atoms with Crippen LogP contribution in [0.2, 0.25) is 5.02 Å².